The van der Waals surface area contributed by atoms with Gasteiger partial charge in [0.1, 0.15) is 0 Å². The van der Waals surface area contributed by atoms with E-state index < -0.39 is 7.12 Å². The van der Waals surface area contributed by atoms with Crippen molar-refractivity contribution in [3.8, 4) is 0 Å². The van der Waals surface area contributed by atoms with E-state index in [0.29, 0.717) is 5.46 Å². The first-order valence-electron chi connectivity index (χ1n) is 4.63. The first-order valence-corrected chi connectivity index (χ1v) is 4.63. The highest BCUT2D eigenvalue weighted by Crippen LogP contribution is 2.17. The Bertz CT molecular complexity index is 312. The van der Waals surface area contributed by atoms with Gasteiger partial charge >= 0.3 is 7.12 Å². The van der Waals surface area contributed by atoms with Crippen molar-refractivity contribution in [2.45, 2.75) is 19.8 Å². The van der Waals surface area contributed by atoms with Gasteiger partial charge in [-0.05, 0) is 23.5 Å². The third-order valence-corrected chi connectivity index (χ3v) is 2.40. The van der Waals surface area contributed by atoms with Crippen LogP contribution in [-0.2, 0) is 0 Å². The molecular weight excluding hydrogens is 179 g/mol. The predicted octanol–water partition coefficient (Wildman–Crippen LogP) is -0.229. The fourth-order valence-corrected chi connectivity index (χ4v) is 1.51. The molecule has 3 nitrogen and oxygen atoms in total. The number of aliphatic hydroxyl groups is 1. The molecule has 76 valence electrons. The molecule has 0 unspecified atom stereocenters. The van der Waals surface area contributed by atoms with Crippen LogP contribution in [0.25, 0.3) is 0 Å². The standard InChI is InChI=1S/C10H15BO3/c1-7-5-9(11(13)14)3-4-10(7)8(2)6-12/h3-5,8,12-14H,6H2,1-2H3/t8-/m0/s1. The second-order valence-electron chi connectivity index (χ2n) is 3.57. The number of rotatable bonds is 3. The number of benzene rings is 1. The van der Waals surface area contributed by atoms with E-state index in [1.54, 1.807) is 12.1 Å². The minimum absolute atomic E-state index is 0.0832. The molecule has 1 atom stereocenters. The van der Waals surface area contributed by atoms with Crippen LogP contribution in [0.15, 0.2) is 18.2 Å². The molecule has 14 heavy (non-hydrogen) atoms. The molecule has 0 radical (unpaired) electrons. The molecule has 4 heteroatoms. The molecule has 0 aromatic heterocycles. The summed E-state index contributed by atoms with van der Waals surface area (Å²) in [5.41, 5.74) is 2.49. The van der Waals surface area contributed by atoms with Gasteiger partial charge in [-0.2, -0.15) is 0 Å². The Morgan fingerprint density at radius 3 is 2.43 bits per heavy atom. The van der Waals surface area contributed by atoms with Gasteiger partial charge < -0.3 is 15.2 Å². The van der Waals surface area contributed by atoms with Crippen molar-refractivity contribution in [2.75, 3.05) is 6.61 Å². The molecule has 0 spiro atoms. The molecule has 0 saturated heterocycles. The molecular formula is C10H15BO3. The van der Waals surface area contributed by atoms with Gasteiger partial charge in [0.25, 0.3) is 0 Å². The highest BCUT2D eigenvalue weighted by Gasteiger charge is 2.13. The zero-order valence-corrected chi connectivity index (χ0v) is 8.44. The van der Waals surface area contributed by atoms with Crippen LogP contribution < -0.4 is 5.46 Å². The second kappa shape index (κ2) is 4.60. The summed E-state index contributed by atoms with van der Waals surface area (Å²) >= 11 is 0. The first kappa shape index (κ1) is 11.2. The Labute approximate surface area is 84.2 Å². The third kappa shape index (κ3) is 2.35. The van der Waals surface area contributed by atoms with Crippen LogP contribution in [0.5, 0.6) is 0 Å². The Kier molecular flexibility index (Phi) is 3.69. The molecule has 1 rings (SSSR count). The Morgan fingerprint density at radius 1 is 1.36 bits per heavy atom. The Morgan fingerprint density at radius 2 is 2.00 bits per heavy atom. The topological polar surface area (TPSA) is 60.7 Å². The summed E-state index contributed by atoms with van der Waals surface area (Å²) in [5, 5.41) is 26.9. The van der Waals surface area contributed by atoms with Gasteiger partial charge in [-0.15, -0.1) is 0 Å². The molecule has 0 fully saturated rings. The molecule has 0 bridgehead atoms. The van der Waals surface area contributed by atoms with Crippen molar-refractivity contribution >= 4 is 12.6 Å². The fourth-order valence-electron chi connectivity index (χ4n) is 1.51. The molecule has 0 amide bonds. The van der Waals surface area contributed by atoms with Crippen LogP contribution in [-0.4, -0.2) is 28.9 Å². The van der Waals surface area contributed by atoms with E-state index in [0.717, 1.165) is 11.1 Å². The number of hydrogen-bond donors (Lipinski definition) is 3. The number of aryl methyl sites for hydroxylation is 1. The molecule has 0 aliphatic heterocycles. The van der Waals surface area contributed by atoms with E-state index in [-0.39, 0.29) is 12.5 Å². The van der Waals surface area contributed by atoms with Crippen LogP contribution >= 0.6 is 0 Å². The second-order valence-corrected chi connectivity index (χ2v) is 3.57. The highest BCUT2D eigenvalue weighted by molar-refractivity contribution is 6.58. The molecule has 0 aliphatic rings. The van der Waals surface area contributed by atoms with Gasteiger partial charge in [0, 0.05) is 12.5 Å². The lowest BCUT2D eigenvalue weighted by atomic mass is 9.78. The monoisotopic (exact) mass is 194 g/mol. The maximum absolute atomic E-state index is 8.99. The Balaban J connectivity index is 3.01. The minimum Gasteiger partial charge on any atom is -0.423 e. The molecule has 1 aromatic carbocycles. The third-order valence-electron chi connectivity index (χ3n) is 2.40. The van der Waals surface area contributed by atoms with E-state index in [1.165, 1.54) is 0 Å². The summed E-state index contributed by atoms with van der Waals surface area (Å²) in [6.07, 6.45) is 0. The van der Waals surface area contributed by atoms with Crippen molar-refractivity contribution in [2.24, 2.45) is 0 Å². The van der Waals surface area contributed by atoms with Crippen LogP contribution in [0, 0.1) is 6.92 Å². The van der Waals surface area contributed by atoms with Crippen LogP contribution in [0.4, 0.5) is 0 Å². The smallest absolute Gasteiger partial charge is 0.423 e. The van der Waals surface area contributed by atoms with Crippen molar-refractivity contribution in [1.82, 2.24) is 0 Å². The highest BCUT2D eigenvalue weighted by atomic mass is 16.4. The summed E-state index contributed by atoms with van der Waals surface area (Å²) in [6.45, 7) is 3.92. The van der Waals surface area contributed by atoms with E-state index in [9.17, 15) is 0 Å². The molecule has 0 saturated carbocycles. The van der Waals surface area contributed by atoms with E-state index in [1.807, 2.05) is 19.9 Å². The van der Waals surface area contributed by atoms with E-state index >= 15 is 0 Å². The van der Waals surface area contributed by atoms with Crippen molar-refractivity contribution in [1.29, 1.82) is 0 Å². The maximum Gasteiger partial charge on any atom is 0.488 e. The lowest BCUT2D eigenvalue weighted by molar-refractivity contribution is 0.273. The number of aliphatic hydroxyl groups excluding tert-OH is 1. The molecule has 0 heterocycles. The summed E-state index contributed by atoms with van der Waals surface area (Å²) in [7, 11) is -1.42. The van der Waals surface area contributed by atoms with Crippen LogP contribution in [0.2, 0.25) is 0 Å². The van der Waals surface area contributed by atoms with Gasteiger partial charge in [-0.3, -0.25) is 0 Å². The van der Waals surface area contributed by atoms with Gasteiger partial charge in [0.2, 0.25) is 0 Å². The molecule has 0 aliphatic carbocycles. The average molecular weight is 194 g/mol. The van der Waals surface area contributed by atoms with Crippen LogP contribution in [0.1, 0.15) is 24.0 Å². The van der Waals surface area contributed by atoms with E-state index in [2.05, 4.69) is 0 Å². The maximum atomic E-state index is 8.99. The summed E-state index contributed by atoms with van der Waals surface area (Å²) < 4.78 is 0. The largest absolute Gasteiger partial charge is 0.488 e. The van der Waals surface area contributed by atoms with Gasteiger partial charge in [-0.25, -0.2) is 0 Å². The summed E-state index contributed by atoms with van der Waals surface area (Å²) in [5.74, 6) is 0.0832. The van der Waals surface area contributed by atoms with E-state index in [4.69, 9.17) is 15.2 Å². The first-order chi connectivity index (χ1) is 6.56. The summed E-state index contributed by atoms with van der Waals surface area (Å²) in [6, 6.07) is 5.22. The van der Waals surface area contributed by atoms with Crippen LogP contribution in [0.3, 0.4) is 0 Å². The lowest BCUT2D eigenvalue weighted by Crippen LogP contribution is -2.30. The quantitative estimate of drug-likeness (QED) is 0.582. The van der Waals surface area contributed by atoms with Crippen molar-refractivity contribution in [3.63, 3.8) is 0 Å². The van der Waals surface area contributed by atoms with Gasteiger partial charge in [0.05, 0.1) is 0 Å². The predicted molar refractivity (Wildman–Crippen MR) is 56.5 cm³/mol. The molecule has 1 aromatic rings. The fraction of sp³-hybridized carbons (Fsp3) is 0.400. The lowest BCUT2D eigenvalue weighted by Gasteiger charge is -2.13. The molecule has 3 N–H and O–H groups in total. The zero-order valence-electron chi connectivity index (χ0n) is 8.44. The Hall–Kier alpha value is -0.835. The number of hydrogen-bond acceptors (Lipinski definition) is 3. The van der Waals surface area contributed by atoms with Gasteiger partial charge in [-0.1, -0.05) is 25.1 Å². The van der Waals surface area contributed by atoms with Crippen molar-refractivity contribution < 1.29 is 15.2 Å². The van der Waals surface area contributed by atoms with Crippen molar-refractivity contribution in [3.05, 3.63) is 29.3 Å². The average Bonchev–Trinajstić information content (AvgIpc) is 2.16. The SMILES string of the molecule is Cc1cc(B(O)O)ccc1[C@@H](C)CO. The van der Waals surface area contributed by atoms with Gasteiger partial charge in [0.15, 0.2) is 0 Å². The zero-order chi connectivity index (χ0) is 10.7. The minimum atomic E-state index is -1.42. The normalized spacial score (nSPS) is 12.6. The summed E-state index contributed by atoms with van der Waals surface area (Å²) in [4.78, 5) is 0.